The van der Waals surface area contributed by atoms with Crippen LogP contribution in [0.25, 0.3) is 0 Å². The SMILES string of the molecule is CCc1cccc(C)c1NC(=O)c1cccc(C(=O)NCc2ccccc2)c1. The molecule has 0 fully saturated rings. The Labute approximate surface area is 165 Å². The van der Waals surface area contributed by atoms with Crippen molar-refractivity contribution in [2.75, 3.05) is 5.32 Å². The van der Waals surface area contributed by atoms with Crippen molar-refractivity contribution in [1.29, 1.82) is 0 Å². The second-order valence-electron chi connectivity index (χ2n) is 6.67. The lowest BCUT2D eigenvalue weighted by Crippen LogP contribution is -2.23. The number of benzene rings is 3. The summed E-state index contributed by atoms with van der Waals surface area (Å²) in [6, 6.07) is 22.5. The molecule has 2 amide bonds. The van der Waals surface area contributed by atoms with Gasteiger partial charge in [-0.2, -0.15) is 0 Å². The first-order chi connectivity index (χ1) is 13.6. The fourth-order valence-corrected chi connectivity index (χ4v) is 3.07. The first kappa shape index (κ1) is 19.4. The second-order valence-corrected chi connectivity index (χ2v) is 6.67. The molecule has 3 aromatic rings. The smallest absolute Gasteiger partial charge is 0.255 e. The molecule has 142 valence electrons. The van der Waals surface area contributed by atoms with Crippen molar-refractivity contribution >= 4 is 17.5 Å². The van der Waals surface area contributed by atoms with Crippen LogP contribution in [0, 0.1) is 6.92 Å². The topological polar surface area (TPSA) is 58.2 Å². The molecule has 0 aromatic heterocycles. The quantitative estimate of drug-likeness (QED) is 0.657. The van der Waals surface area contributed by atoms with Gasteiger partial charge in [0.25, 0.3) is 11.8 Å². The average Bonchev–Trinajstić information content (AvgIpc) is 2.74. The lowest BCUT2D eigenvalue weighted by atomic mass is 10.0. The Morgan fingerprint density at radius 1 is 0.821 bits per heavy atom. The molecule has 4 nitrogen and oxygen atoms in total. The van der Waals surface area contributed by atoms with Crippen molar-refractivity contribution in [3.8, 4) is 0 Å². The lowest BCUT2D eigenvalue weighted by Gasteiger charge is -2.13. The molecule has 3 aromatic carbocycles. The Balaban J connectivity index is 1.72. The average molecular weight is 372 g/mol. The summed E-state index contributed by atoms with van der Waals surface area (Å²) >= 11 is 0. The summed E-state index contributed by atoms with van der Waals surface area (Å²) in [4.78, 5) is 25.2. The summed E-state index contributed by atoms with van der Waals surface area (Å²) in [6.07, 6.45) is 0.833. The molecule has 28 heavy (non-hydrogen) atoms. The summed E-state index contributed by atoms with van der Waals surface area (Å²) in [5.41, 5.74) is 4.89. The van der Waals surface area contributed by atoms with E-state index in [2.05, 4.69) is 17.6 Å². The van der Waals surface area contributed by atoms with Crippen LogP contribution < -0.4 is 10.6 Å². The molecule has 0 saturated heterocycles. The molecule has 0 aliphatic rings. The third kappa shape index (κ3) is 4.65. The van der Waals surface area contributed by atoms with Crippen molar-refractivity contribution in [2.45, 2.75) is 26.8 Å². The van der Waals surface area contributed by atoms with Crippen molar-refractivity contribution in [2.24, 2.45) is 0 Å². The van der Waals surface area contributed by atoms with Gasteiger partial charge >= 0.3 is 0 Å². The van der Waals surface area contributed by atoms with Gasteiger partial charge in [-0.05, 0) is 48.2 Å². The number of nitrogens with one attached hydrogen (secondary N) is 2. The Kier molecular flexibility index (Phi) is 6.22. The predicted molar refractivity (Wildman–Crippen MR) is 113 cm³/mol. The minimum Gasteiger partial charge on any atom is -0.348 e. The molecule has 0 atom stereocenters. The van der Waals surface area contributed by atoms with E-state index in [0.29, 0.717) is 17.7 Å². The van der Waals surface area contributed by atoms with E-state index in [9.17, 15) is 9.59 Å². The van der Waals surface area contributed by atoms with Crippen LogP contribution in [0.5, 0.6) is 0 Å². The van der Waals surface area contributed by atoms with E-state index in [1.54, 1.807) is 24.3 Å². The normalized spacial score (nSPS) is 10.4. The summed E-state index contributed by atoms with van der Waals surface area (Å²) < 4.78 is 0. The Morgan fingerprint density at radius 2 is 1.50 bits per heavy atom. The van der Waals surface area contributed by atoms with E-state index in [4.69, 9.17) is 0 Å². The molecule has 0 bridgehead atoms. The van der Waals surface area contributed by atoms with Gasteiger partial charge in [0.15, 0.2) is 0 Å². The van der Waals surface area contributed by atoms with Gasteiger partial charge in [-0.25, -0.2) is 0 Å². The molecule has 0 spiro atoms. The van der Waals surface area contributed by atoms with Crippen LogP contribution in [0.4, 0.5) is 5.69 Å². The Bertz CT molecular complexity index is 981. The van der Waals surface area contributed by atoms with E-state index in [0.717, 1.165) is 28.8 Å². The lowest BCUT2D eigenvalue weighted by molar-refractivity contribution is 0.0951. The summed E-state index contributed by atoms with van der Waals surface area (Å²) in [5, 5.41) is 5.89. The van der Waals surface area contributed by atoms with Crippen LogP contribution in [-0.2, 0) is 13.0 Å². The minimum absolute atomic E-state index is 0.205. The first-order valence-corrected chi connectivity index (χ1v) is 9.40. The number of amides is 2. The van der Waals surface area contributed by atoms with Gasteiger partial charge in [-0.3, -0.25) is 9.59 Å². The molecule has 0 unspecified atom stereocenters. The van der Waals surface area contributed by atoms with Crippen LogP contribution in [0.2, 0.25) is 0 Å². The van der Waals surface area contributed by atoms with E-state index in [1.807, 2.05) is 55.5 Å². The van der Waals surface area contributed by atoms with Crippen LogP contribution in [0.3, 0.4) is 0 Å². The molecular formula is C24H24N2O2. The molecule has 4 heteroatoms. The zero-order valence-electron chi connectivity index (χ0n) is 16.2. The van der Waals surface area contributed by atoms with Gasteiger partial charge in [-0.1, -0.05) is 61.5 Å². The monoisotopic (exact) mass is 372 g/mol. The predicted octanol–water partition coefficient (Wildman–Crippen LogP) is 4.74. The van der Waals surface area contributed by atoms with Gasteiger partial charge in [-0.15, -0.1) is 0 Å². The maximum absolute atomic E-state index is 12.7. The van der Waals surface area contributed by atoms with E-state index >= 15 is 0 Å². The van der Waals surface area contributed by atoms with Gasteiger partial charge in [0, 0.05) is 23.4 Å². The van der Waals surface area contributed by atoms with Crippen molar-refractivity contribution in [3.63, 3.8) is 0 Å². The molecule has 0 heterocycles. The molecule has 0 aliphatic carbocycles. The van der Waals surface area contributed by atoms with Crippen LogP contribution >= 0.6 is 0 Å². The number of rotatable bonds is 6. The fourth-order valence-electron chi connectivity index (χ4n) is 3.07. The molecule has 0 saturated carbocycles. The third-order valence-electron chi connectivity index (χ3n) is 4.66. The number of aryl methyl sites for hydroxylation is 2. The fraction of sp³-hybridized carbons (Fsp3) is 0.167. The molecule has 0 radical (unpaired) electrons. The van der Waals surface area contributed by atoms with Crippen molar-refractivity contribution < 1.29 is 9.59 Å². The Morgan fingerprint density at radius 3 is 2.21 bits per heavy atom. The minimum atomic E-state index is -0.221. The number of carbonyl (C=O) groups excluding carboxylic acids is 2. The number of hydrogen-bond acceptors (Lipinski definition) is 2. The number of carbonyl (C=O) groups is 2. The zero-order valence-corrected chi connectivity index (χ0v) is 16.2. The van der Waals surface area contributed by atoms with Crippen molar-refractivity contribution in [3.05, 3.63) is 101 Å². The van der Waals surface area contributed by atoms with Gasteiger partial charge in [0.2, 0.25) is 0 Å². The zero-order chi connectivity index (χ0) is 19.9. The maximum atomic E-state index is 12.7. The molecule has 0 aliphatic heterocycles. The van der Waals surface area contributed by atoms with E-state index in [-0.39, 0.29) is 11.8 Å². The highest BCUT2D eigenvalue weighted by Crippen LogP contribution is 2.22. The highest BCUT2D eigenvalue weighted by atomic mass is 16.2. The van der Waals surface area contributed by atoms with E-state index in [1.165, 1.54) is 0 Å². The maximum Gasteiger partial charge on any atom is 0.255 e. The van der Waals surface area contributed by atoms with Crippen molar-refractivity contribution in [1.82, 2.24) is 5.32 Å². The van der Waals surface area contributed by atoms with Gasteiger partial charge in [0.1, 0.15) is 0 Å². The molecular weight excluding hydrogens is 348 g/mol. The third-order valence-corrected chi connectivity index (χ3v) is 4.66. The van der Waals surface area contributed by atoms with Gasteiger partial charge < -0.3 is 10.6 Å². The number of anilines is 1. The molecule has 2 N–H and O–H groups in total. The summed E-state index contributed by atoms with van der Waals surface area (Å²) in [6.45, 7) is 4.48. The van der Waals surface area contributed by atoms with Crippen LogP contribution in [0.15, 0.2) is 72.8 Å². The van der Waals surface area contributed by atoms with Crippen LogP contribution in [-0.4, -0.2) is 11.8 Å². The summed E-state index contributed by atoms with van der Waals surface area (Å²) in [7, 11) is 0. The number of hydrogen-bond donors (Lipinski definition) is 2. The summed E-state index contributed by atoms with van der Waals surface area (Å²) in [5.74, 6) is -0.426. The highest BCUT2D eigenvalue weighted by Gasteiger charge is 2.13. The largest absolute Gasteiger partial charge is 0.348 e. The standard InChI is InChI=1S/C24H24N2O2/c1-3-19-12-7-9-17(2)22(19)26-24(28)21-14-8-13-20(15-21)23(27)25-16-18-10-5-4-6-11-18/h4-15H,3,16H2,1-2H3,(H,25,27)(H,26,28). The Hall–Kier alpha value is -3.40. The van der Waals surface area contributed by atoms with Crippen LogP contribution in [0.1, 0.15) is 44.3 Å². The second kappa shape index (κ2) is 9.00. The van der Waals surface area contributed by atoms with Gasteiger partial charge in [0.05, 0.1) is 0 Å². The number of para-hydroxylation sites is 1. The van der Waals surface area contributed by atoms with E-state index < -0.39 is 0 Å². The molecule has 3 rings (SSSR count). The first-order valence-electron chi connectivity index (χ1n) is 9.40. The highest BCUT2D eigenvalue weighted by molar-refractivity contribution is 6.06.